The highest BCUT2D eigenvalue weighted by molar-refractivity contribution is 7.98. The van der Waals surface area contributed by atoms with Crippen molar-refractivity contribution in [1.82, 2.24) is 35.7 Å². The van der Waals surface area contributed by atoms with Crippen LogP contribution in [0.5, 0.6) is 11.5 Å². The lowest BCUT2D eigenvalue weighted by atomic mass is 10.0. The van der Waals surface area contributed by atoms with Crippen molar-refractivity contribution in [2.75, 3.05) is 19.1 Å². The number of H-pyrrole nitrogens is 1. The van der Waals surface area contributed by atoms with Gasteiger partial charge in [-0.05, 0) is 67.2 Å². The molecule has 1 aromatic heterocycles. The lowest BCUT2D eigenvalue weighted by Gasteiger charge is -2.34. The van der Waals surface area contributed by atoms with Gasteiger partial charge < -0.3 is 57.1 Å². The summed E-state index contributed by atoms with van der Waals surface area (Å²) in [6, 6.07) is 5.55. The summed E-state index contributed by atoms with van der Waals surface area (Å²) in [6.45, 7) is 1.47. The van der Waals surface area contributed by atoms with E-state index in [9.17, 15) is 54.0 Å². The van der Waals surface area contributed by atoms with Gasteiger partial charge in [0.2, 0.25) is 23.9 Å². The monoisotopic (exact) mass is 840 g/mol. The van der Waals surface area contributed by atoms with E-state index < -0.39 is 83.5 Å². The Balaban J connectivity index is 1.55. The van der Waals surface area contributed by atoms with Gasteiger partial charge in [0.1, 0.15) is 41.5 Å². The molecule has 4 unspecified atom stereocenters. The van der Waals surface area contributed by atoms with Gasteiger partial charge in [-0.25, -0.2) is 14.4 Å². The molecule has 0 saturated carbocycles. The van der Waals surface area contributed by atoms with Crippen LogP contribution in [-0.2, 0) is 36.8 Å². The number of carboxylic acids is 1. The van der Waals surface area contributed by atoms with Gasteiger partial charge in [-0.2, -0.15) is 11.8 Å². The molecule has 318 valence electrons. The van der Waals surface area contributed by atoms with Crippen LogP contribution in [0.1, 0.15) is 37.1 Å². The minimum Gasteiger partial charge on any atom is -0.508 e. The fraction of sp³-hybridized carbons (Fsp3) is 0.395. The molecule has 0 spiro atoms. The number of hydrogen-bond donors (Lipinski definition) is 10. The van der Waals surface area contributed by atoms with Gasteiger partial charge in [-0.1, -0.05) is 24.3 Å². The number of nitrogens with zero attached hydrogens (tertiary/aromatic N) is 2. The first kappa shape index (κ1) is 45.4. The molecule has 59 heavy (non-hydrogen) atoms. The number of ether oxygens (including phenoxy) is 1. The minimum absolute atomic E-state index is 0.0252. The molecule has 4 rings (SSSR count). The van der Waals surface area contributed by atoms with E-state index in [-0.39, 0.29) is 42.9 Å². The number of aromatic nitrogens is 2. The number of carbonyl (C=O) groups is 5. The summed E-state index contributed by atoms with van der Waals surface area (Å²) in [5, 5.41) is 50.0. The van der Waals surface area contributed by atoms with Gasteiger partial charge in [0, 0.05) is 38.4 Å². The summed E-state index contributed by atoms with van der Waals surface area (Å²) in [6.07, 6.45) is 1.22. The molecule has 2 aromatic carbocycles. The zero-order valence-corrected chi connectivity index (χ0v) is 33.2. The van der Waals surface area contributed by atoms with Crippen LogP contribution in [0, 0.1) is 0 Å². The Hall–Kier alpha value is -6.32. The van der Waals surface area contributed by atoms with Crippen molar-refractivity contribution < 1.29 is 49.1 Å². The van der Waals surface area contributed by atoms with Gasteiger partial charge in [0.25, 0.3) is 5.56 Å². The van der Waals surface area contributed by atoms with Crippen molar-refractivity contribution in [3.63, 3.8) is 0 Å². The summed E-state index contributed by atoms with van der Waals surface area (Å²) in [5.74, 6) is -3.47. The standard InChI is InChI=1S/C38H48N8O12S/c1-20(45(2)34(53)26(39)16-21-6-4-8-23(47)14-21)31(33(52)40-19-25-18-29(49)35(58-25)46-12-10-30(50)43-38(46)57)44-32(51)27(11-13-59-3)41-37(56)42-28(36(54)55)17-22-7-5-9-24(48)15-22/h4-10,12,14-15,19-20,26-29,31,35,47-49H,11,13,16-18,39H2,1-3H3,(H,40,52)(H,44,51)(H,54,55)(H2,41,42,56)(H,43,50,57)/b25-19+/t20?,26-,27-,28-,29?,31?,35?/m0/s1. The van der Waals surface area contributed by atoms with Crippen LogP contribution in [0.4, 0.5) is 4.79 Å². The number of benzene rings is 2. The lowest BCUT2D eigenvalue weighted by molar-refractivity contribution is -0.139. The quantitative estimate of drug-likeness (QED) is 0.0751. The van der Waals surface area contributed by atoms with E-state index in [0.717, 1.165) is 27.9 Å². The molecule has 1 aliphatic rings. The zero-order valence-electron chi connectivity index (χ0n) is 32.4. The summed E-state index contributed by atoms with van der Waals surface area (Å²) < 4.78 is 6.65. The molecular formula is C38H48N8O12S. The predicted molar refractivity (Wildman–Crippen MR) is 214 cm³/mol. The molecule has 0 bridgehead atoms. The number of urea groups is 1. The molecule has 11 N–H and O–H groups in total. The maximum Gasteiger partial charge on any atom is 0.331 e. The number of aromatic amines is 1. The van der Waals surface area contributed by atoms with E-state index in [1.807, 2.05) is 0 Å². The Morgan fingerprint density at radius 1 is 0.983 bits per heavy atom. The van der Waals surface area contributed by atoms with Gasteiger partial charge in [-0.15, -0.1) is 0 Å². The normalized spacial score (nSPS) is 18.0. The molecule has 0 aliphatic carbocycles. The number of aliphatic carboxylic acids is 1. The minimum atomic E-state index is -1.52. The molecule has 1 aliphatic heterocycles. The smallest absolute Gasteiger partial charge is 0.331 e. The number of amides is 5. The average molecular weight is 841 g/mol. The number of phenolic OH excluding ortho intramolecular Hbond substituents is 2. The largest absolute Gasteiger partial charge is 0.508 e. The average Bonchev–Trinajstić information content (AvgIpc) is 3.55. The van der Waals surface area contributed by atoms with E-state index in [0.29, 0.717) is 16.9 Å². The summed E-state index contributed by atoms with van der Waals surface area (Å²) in [4.78, 5) is 93.8. The molecule has 2 heterocycles. The second-order valence-corrected chi connectivity index (χ2v) is 14.8. The number of nitrogens with one attached hydrogen (secondary N) is 5. The zero-order chi connectivity index (χ0) is 43.4. The van der Waals surface area contributed by atoms with Gasteiger partial charge in [-0.3, -0.25) is 28.7 Å². The molecule has 1 fully saturated rings. The van der Waals surface area contributed by atoms with Crippen LogP contribution in [0.2, 0.25) is 0 Å². The van der Waals surface area contributed by atoms with Crippen LogP contribution in [-0.4, -0.2) is 120 Å². The molecule has 3 aromatic rings. The van der Waals surface area contributed by atoms with Gasteiger partial charge in [0.15, 0.2) is 0 Å². The van der Waals surface area contributed by atoms with E-state index >= 15 is 0 Å². The van der Waals surface area contributed by atoms with Gasteiger partial charge in [0.05, 0.1) is 12.1 Å². The number of phenols is 2. The highest BCUT2D eigenvalue weighted by Gasteiger charge is 2.37. The second-order valence-electron chi connectivity index (χ2n) is 13.8. The van der Waals surface area contributed by atoms with Crippen LogP contribution in [0.3, 0.4) is 0 Å². The topological polar surface area (TPSA) is 308 Å². The Bertz CT molecular complexity index is 2140. The number of hydrogen-bond acceptors (Lipinski definition) is 13. The first-order valence-corrected chi connectivity index (χ1v) is 19.7. The van der Waals surface area contributed by atoms with E-state index in [1.54, 1.807) is 24.5 Å². The van der Waals surface area contributed by atoms with Crippen molar-refractivity contribution in [1.29, 1.82) is 0 Å². The third kappa shape index (κ3) is 12.8. The number of rotatable bonds is 18. The maximum atomic E-state index is 13.9. The van der Waals surface area contributed by atoms with E-state index in [4.69, 9.17) is 10.5 Å². The summed E-state index contributed by atoms with van der Waals surface area (Å²) >= 11 is 1.35. The Labute approximate surface area is 341 Å². The van der Waals surface area contributed by atoms with E-state index in [2.05, 4.69) is 26.3 Å². The number of nitrogens with two attached hydrogens (primary N) is 1. The SMILES string of the molecule is CSCC[C@H](NC(=O)N[C@@H](Cc1cccc(O)c1)C(=O)O)C(=O)NC(C(=O)N/C=C1\CC(O)C(n2ccc(=O)[nH]c2=O)O1)C(C)N(C)C(=O)[C@@H](N)Cc1cccc(O)c1. The third-order valence-corrected chi connectivity index (χ3v) is 10.0. The molecule has 5 amide bonds. The molecule has 0 radical (unpaired) electrons. The van der Waals surface area contributed by atoms with Crippen LogP contribution >= 0.6 is 11.8 Å². The Morgan fingerprint density at radius 3 is 2.20 bits per heavy atom. The molecule has 1 saturated heterocycles. The number of thioether (sulfide) groups is 1. The third-order valence-electron chi connectivity index (χ3n) is 9.40. The molecular weight excluding hydrogens is 793 g/mol. The lowest BCUT2D eigenvalue weighted by Crippen LogP contribution is -2.62. The van der Waals surface area contributed by atoms with Crippen LogP contribution in [0.15, 0.2) is 82.3 Å². The molecule has 21 heteroatoms. The number of aliphatic hydroxyl groups excluding tert-OH is 1. The fourth-order valence-electron chi connectivity index (χ4n) is 6.14. The first-order chi connectivity index (χ1) is 28.0. The summed E-state index contributed by atoms with van der Waals surface area (Å²) in [5.41, 5.74) is 5.75. The van der Waals surface area contributed by atoms with Crippen molar-refractivity contribution in [3.8, 4) is 11.5 Å². The number of carboxylic acid groups (broad SMARTS) is 1. The number of likely N-dealkylation sites (N-methyl/N-ethyl adjacent to an activating group) is 1. The first-order valence-electron chi connectivity index (χ1n) is 18.3. The number of aliphatic hydroxyl groups is 1. The van der Waals surface area contributed by atoms with Crippen molar-refractivity contribution in [3.05, 3.63) is 105 Å². The highest BCUT2D eigenvalue weighted by Crippen LogP contribution is 2.30. The van der Waals surface area contributed by atoms with Gasteiger partial charge >= 0.3 is 17.7 Å². The van der Waals surface area contributed by atoms with Crippen molar-refractivity contribution >= 4 is 41.5 Å². The number of carbonyl (C=O) groups excluding carboxylic acids is 4. The Morgan fingerprint density at radius 2 is 1.61 bits per heavy atom. The van der Waals surface area contributed by atoms with Crippen molar-refractivity contribution in [2.24, 2.45) is 5.73 Å². The summed E-state index contributed by atoms with van der Waals surface area (Å²) in [7, 11) is 1.37. The number of aromatic hydroxyl groups is 2. The van der Waals surface area contributed by atoms with Crippen molar-refractivity contribution in [2.45, 2.75) is 75.1 Å². The van der Waals surface area contributed by atoms with E-state index in [1.165, 1.54) is 56.1 Å². The second kappa shape index (κ2) is 20.9. The highest BCUT2D eigenvalue weighted by atomic mass is 32.2. The fourth-order valence-corrected chi connectivity index (χ4v) is 6.62. The maximum absolute atomic E-state index is 13.9. The molecule has 20 nitrogen and oxygen atoms in total. The predicted octanol–water partition coefficient (Wildman–Crippen LogP) is -0.796. The Kier molecular flexibility index (Phi) is 16.1. The molecule has 7 atom stereocenters. The van der Waals surface area contributed by atoms with Crippen LogP contribution in [0.25, 0.3) is 0 Å². The van der Waals surface area contributed by atoms with Crippen LogP contribution < -0.4 is 38.2 Å².